The fourth-order valence-corrected chi connectivity index (χ4v) is 4.11. The van der Waals surface area contributed by atoms with Gasteiger partial charge in [0.15, 0.2) is 11.5 Å². The number of methoxy groups -OCH3 is 1. The van der Waals surface area contributed by atoms with Crippen LogP contribution in [0.15, 0.2) is 18.2 Å². The number of hydrogen-bond donors (Lipinski definition) is 2. The molecular weight excluding hydrogens is 344 g/mol. The van der Waals surface area contributed by atoms with Gasteiger partial charge in [0.05, 0.1) is 25.7 Å². The average Bonchev–Trinajstić information content (AvgIpc) is 3.13. The first-order valence-electron chi connectivity index (χ1n) is 8.38. The van der Waals surface area contributed by atoms with E-state index in [-0.39, 0.29) is 5.37 Å². The first-order chi connectivity index (χ1) is 12.2. The molecule has 0 spiro atoms. The lowest BCUT2D eigenvalue weighted by Crippen LogP contribution is -2.38. The fraction of sp³-hybridized carbons (Fsp3) is 0.588. The number of nitrogens with zero attached hydrogens (tertiary/aromatic N) is 1. The summed E-state index contributed by atoms with van der Waals surface area (Å²) in [5.41, 5.74) is 0.992. The average molecular weight is 368 g/mol. The van der Waals surface area contributed by atoms with Gasteiger partial charge in [0.25, 0.3) is 0 Å². The van der Waals surface area contributed by atoms with Gasteiger partial charge >= 0.3 is 5.97 Å². The van der Waals surface area contributed by atoms with E-state index < -0.39 is 12.0 Å². The number of morpholine rings is 1. The summed E-state index contributed by atoms with van der Waals surface area (Å²) < 4.78 is 16.7. The van der Waals surface area contributed by atoms with Gasteiger partial charge in [0.1, 0.15) is 12.6 Å². The molecule has 2 atom stereocenters. The Kier molecular flexibility index (Phi) is 6.41. The third-order valence-electron chi connectivity index (χ3n) is 4.34. The van der Waals surface area contributed by atoms with Gasteiger partial charge in [-0.25, -0.2) is 0 Å². The zero-order valence-corrected chi connectivity index (χ0v) is 15.1. The largest absolute Gasteiger partial charge is 0.493 e. The Morgan fingerprint density at radius 1 is 1.40 bits per heavy atom. The van der Waals surface area contributed by atoms with E-state index in [1.807, 2.05) is 18.2 Å². The molecule has 0 aliphatic carbocycles. The molecular formula is C17H24N2O5S. The zero-order chi connectivity index (χ0) is 17.6. The van der Waals surface area contributed by atoms with E-state index in [0.29, 0.717) is 23.9 Å². The van der Waals surface area contributed by atoms with Gasteiger partial charge in [-0.1, -0.05) is 6.07 Å². The second kappa shape index (κ2) is 8.75. The Hall–Kier alpha value is -1.48. The molecule has 2 fully saturated rings. The minimum Gasteiger partial charge on any atom is -0.493 e. The molecule has 2 saturated heterocycles. The van der Waals surface area contributed by atoms with Gasteiger partial charge in [-0.15, -0.1) is 11.8 Å². The van der Waals surface area contributed by atoms with Crippen molar-refractivity contribution in [3.63, 3.8) is 0 Å². The molecule has 138 valence electrons. The number of carboxylic acids is 1. The van der Waals surface area contributed by atoms with Crippen LogP contribution in [0.5, 0.6) is 11.5 Å². The van der Waals surface area contributed by atoms with Crippen LogP contribution >= 0.6 is 11.8 Å². The minimum absolute atomic E-state index is 0.0441. The molecule has 0 radical (unpaired) electrons. The van der Waals surface area contributed by atoms with Crippen LogP contribution in [0.25, 0.3) is 0 Å². The maximum absolute atomic E-state index is 11.1. The van der Waals surface area contributed by atoms with Gasteiger partial charge in [-0.2, -0.15) is 0 Å². The third kappa shape index (κ3) is 4.78. The number of carboxylic acid groups (broad SMARTS) is 1. The maximum Gasteiger partial charge on any atom is 0.321 e. The van der Waals surface area contributed by atoms with E-state index in [2.05, 4.69) is 10.2 Å². The van der Waals surface area contributed by atoms with Crippen molar-refractivity contribution in [1.82, 2.24) is 10.2 Å². The highest BCUT2D eigenvalue weighted by molar-refractivity contribution is 7.99. The standard InChI is InChI=1S/C17H24N2O5S/c1-22-15-10-12(16-18-13(11-25-16)17(20)21)2-3-14(15)24-9-6-19-4-7-23-8-5-19/h2-3,10,13,16,18H,4-9,11H2,1H3,(H,20,21). The van der Waals surface area contributed by atoms with E-state index in [1.54, 1.807) is 18.9 Å². The Bertz CT molecular complexity index is 594. The van der Waals surface area contributed by atoms with Gasteiger partial charge in [-0.05, 0) is 17.7 Å². The summed E-state index contributed by atoms with van der Waals surface area (Å²) in [6, 6.07) is 5.26. The molecule has 2 N–H and O–H groups in total. The Balaban J connectivity index is 1.57. The highest BCUT2D eigenvalue weighted by Gasteiger charge is 2.30. The van der Waals surface area contributed by atoms with E-state index >= 15 is 0 Å². The van der Waals surface area contributed by atoms with Crippen LogP contribution < -0.4 is 14.8 Å². The Morgan fingerprint density at radius 3 is 2.88 bits per heavy atom. The van der Waals surface area contributed by atoms with E-state index in [9.17, 15) is 4.79 Å². The molecule has 0 aromatic heterocycles. The highest BCUT2D eigenvalue weighted by Crippen LogP contribution is 2.37. The number of nitrogens with one attached hydrogen (secondary N) is 1. The van der Waals surface area contributed by atoms with Crippen LogP contribution in [-0.2, 0) is 9.53 Å². The molecule has 0 saturated carbocycles. The lowest BCUT2D eigenvalue weighted by Gasteiger charge is -2.26. The quantitative estimate of drug-likeness (QED) is 0.743. The topological polar surface area (TPSA) is 80.3 Å². The van der Waals surface area contributed by atoms with E-state index in [1.165, 1.54) is 0 Å². The Labute approximate surface area is 151 Å². The smallest absolute Gasteiger partial charge is 0.321 e. The van der Waals surface area contributed by atoms with Gasteiger partial charge in [-0.3, -0.25) is 15.0 Å². The summed E-state index contributed by atoms with van der Waals surface area (Å²) >= 11 is 1.59. The second-order valence-corrected chi connectivity index (χ2v) is 7.12. The summed E-state index contributed by atoms with van der Waals surface area (Å²) in [7, 11) is 1.61. The molecule has 0 amide bonds. The number of rotatable bonds is 7. The molecule has 8 heteroatoms. The summed E-state index contributed by atoms with van der Waals surface area (Å²) in [6.07, 6.45) is 0. The SMILES string of the molecule is COc1cc(C2NC(C(=O)O)CS2)ccc1OCCN1CCOCC1. The molecule has 2 heterocycles. The van der Waals surface area contributed by atoms with E-state index in [4.69, 9.17) is 19.3 Å². The van der Waals surface area contributed by atoms with Crippen LogP contribution in [0.3, 0.4) is 0 Å². The normalized spacial score (nSPS) is 24.2. The van der Waals surface area contributed by atoms with Gasteiger partial charge in [0.2, 0.25) is 0 Å². The monoisotopic (exact) mass is 368 g/mol. The molecule has 1 aromatic carbocycles. The van der Waals surface area contributed by atoms with Crippen molar-refractivity contribution in [2.75, 3.05) is 52.3 Å². The Morgan fingerprint density at radius 2 is 2.20 bits per heavy atom. The second-order valence-electron chi connectivity index (χ2n) is 5.98. The molecule has 2 aliphatic rings. The van der Waals surface area contributed by atoms with Gasteiger partial charge in [0, 0.05) is 25.4 Å². The van der Waals surface area contributed by atoms with Crippen molar-refractivity contribution in [3.8, 4) is 11.5 Å². The first-order valence-corrected chi connectivity index (χ1v) is 9.43. The van der Waals surface area contributed by atoms with E-state index in [0.717, 1.165) is 38.4 Å². The molecule has 2 aliphatic heterocycles. The van der Waals surface area contributed by atoms with Crippen molar-refractivity contribution in [3.05, 3.63) is 23.8 Å². The van der Waals surface area contributed by atoms with Crippen molar-refractivity contribution in [2.24, 2.45) is 0 Å². The predicted molar refractivity (Wildman–Crippen MR) is 95.5 cm³/mol. The summed E-state index contributed by atoms with van der Waals surface area (Å²) in [5, 5.41) is 12.2. The molecule has 2 unspecified atom stereocenters. The molecule has 0 bridgehead atoms. The lowest BCUT2D eigenvalue weighted by molar-refractivity contribution is -0.138. The fourth-order valence-electron chi connectivity index (χ4n) is 2.88. The molecule has 7 nitrogen and oxygen atoms in total. The maximum atomic E-state index is 11.1. The molecule has 3 rings (SSSR count). The predicted octanol–water partition coefficient (Wildman–Crippen LogP) is 1.19. The summed E-state index contributed by atoms with van der Waals surface area (Å²) in [5.74, 6) is 1.11. The highest BCUT2D eigenvalue weighted by atomic mass is 32.2. The van der Waals surface area contributed by atoms with Crippen LogP contribution in [-0.4, -0.2) is 74.3 Å². The summed E-state index contributed by atoms with van der Waals surface area (Å²) in [4.78, 5) is 13.4. The van der Waals surface area contributed by atoms with Crippen LogP contribution in [0.4, 0.5) is 0 Å². The van der Waals surface area contributed by atoms with Crippen molar-refractivity contribution < 1.29 is 24.1 Å². The number of ether oxygens (including phenoxy) is 3. The van der Waals surface area contributed by atoms with Crippen molar-refractivity contribution >= 4 is 17.7 Å². The molecule has 1 aromatic rings. The molecule has 25 heavy (non-hydrogen) atoms. The number of thioether (sulfide) groups is 1. The van der Waals surface area contributed by atoms with Crippen molar-refractivity contribution in [2.45, 2.75) is 11.4 Å². The number of aliphatic carboxylic acids is 1. The van der Waals surface area contributed by atoms with Crippen LogP contribution in [0.2, 0.25) is 0 Å². The lowest BCUT2D eigenvalue weighted by atomic mass is 10.2. The third-order valence-corrected chi connectivity index (χ3v) is 5.61. The first kappa shape index (κ1) is 18.3. The zero-order valence-electron chi connectivity index (χ0n) is 14.3. The van der Waals surface area contributed by atoms with Crippen LogP contribution in [0.1, 0.15) is 10.9 Å². The number of carbonyl (C=O) groups is 1. The minimum atomic E-state index is -0.815. The van der Waals surface area contributed by atoms with Crippen molar-refractivity contribution in [1.29, 1.82) is 0 Å². The van der Waals surface area contributed by atoms with Crippen LogP contribution in [0, 0.1) is 0 Å². The number of hydrogen-bond acceptors (Lipinski definition) is 7. The summed E-state index contributed by atoms with van der Waals surface area (Å²) in [6.45, 7) is 4.88. The van der Waals surface area contributed by atoms with Gasteiger partial charge < -0.3 is 19.3 Å². The number of benzene rings is 1.